The lowest BCUT2D eigenvalue weighted by Gasteiger charge is -2.38. The minimum absolute atomic E-state index is 0.102. The highest BCUT2D eigenvalue weighted by Crippen LogP contribution is 2.40. The number of halogens is 3. The molecule has 224 valence electrons. The molecule has 11 nitrogen and oxygen atoms in total. The summed E-state index contributed by atoms with van der Waals surface area (Å²) in [5, 5.41) is 8.58. The van der Waals surface area contributed by atoms with E-state index in [1.807, 2.05) is 0 Å². The molecular formula is C26H35F3N8O3S. The second kappa shape index (κ2) is 12.6. The number of nitrogens with zero attached hydrogens (tertiary/aromatic N) is 5. The number of nitrogens with one attached hydrogen (secondary N) is 3. The molecule has 1 atom stereocenters. The van der Waals surface area contributed by atoms with Crippen LogP contribution in [0.15, 0.2) is 31.0 Å². The van der Waals surface area contributed by atoms with Crippen LogP contribution in [0, 0.1) is 0 Å². The number of amides is 1. The highest BCUT2D eigenvalue weighted by atomic mass is 32.2. The first-order valence-corrected chi connectivity index (χ1v) is 14.5. The predicted molar refractivity (Wildman–Crippen MR) is 154 cm³/mol. The quantitative estimate of drug-likeness (QED) is 0.356. The van der Waals surface area contributed by atoms with Crippen LogP contribution in [0.3, 0.4) is 0 Å². The monoisotopic (exact) mass is 596 g/mol. The SMILES string of the molecule is C=CC(=O)Nc1cc(Nc2ncc(C(F)(F)F)c(NC3CN(S(C)=O)C3)n2)c(OC)cc1N1CCC(N(C)C)CC1. The molecule has 2 saturated heterocycles. The lowest BCUT2D eigenvalue weighted by Crippen LogP contribution is -2.55. The Bertz CT molecular complexity index is 1300. The molecule has 2 aliphatic heterocycles. The highest BCUT2D eigenvalue weighted by Gasteiger charge is 2.38. The van der Waals surface area contributed by atoms with Gasteiger partial charge in [-0.15, -0.1) is 0 Å². The van der Waals surface area contributed by atoms with Gasteiger partial charge in [-0.05, 0) is 39.1 Å². The molecule has 1 aromatic heterocycles. The van der Waals surface area contributed by atoms with Crippen molar-refractivity contribution in [2.24, 2.45) is 0 Å². The number of piperidine rings is 1. The average Bonchev–Trinajstić information content (AvgIpc) is 2.89. The van der Waals surface area contributed by atoms with Gasteiger partial charge < -0.3 is 30.5 Å². The van der Waals surface area contributed by atoms with Crippen molar-refractivity contribution in [1.29, 1.82) is 0 Å². The van der Waals surface area contributed by atoms with Crippen molar-refractivity contribution in [3.8, 4) is 5.75 Å². The topological polar surface area (TPSA) is 115 Å². The molecule has 1 unspecified atom stereocenters. The van der Waals surface area contributed by atoms with Crippen LogP contribution < -0.4 is 25.6 Å². The highest BCUT2D eigenvalue weighted by molar-refractivity contribution is 7.81. The van der Waals surface area contributed by atoms with Gasteiger partial charge in [0.25, 0.3) is 0 Å². The Morgan fingerprint density at radius 3 is 2.46 bits per heavy atom. The number of aromatic nitrogens is 2. The number of alkyl halides is 3. The second-order valence-electron chi connectivity index (χ2n) is 10.1. The second-order valence-corrected chi connectivity index (χ2v) is 11.5. The van der Waals surface area contributed by atoms with Crippen LogP contribution in [0.25, 0.3) is 0 Å². The van der Waals surface area contributed by atoms with Gasteiger partial charge in [-0.2, -0.15) is 18.2 Å². The zero-order valence-corrected chi connectivity index (χ0v) is 24.2. The fourth-order valence-corrected chi connectivity index (χ4v) is 5.60. The normalized spacial score (nSPS) is 17.6. The maximum atomic E-state index is 13.7. The number of methoxy groups -OCH3 is 1. The molecule has 2 aliphatic rings. The fraction of sp³-hybridized carbons (Fsp3) is 0.500. The minimum Gasteiger partial charge on any atom is -0.494 e. The van der Waals surface area contributed by atoms with E-state index >= 15 is 0 Å². The number of carbonyl (C=O) groups excluding carboxylic acids is 1. The van der Waals surface area contributed by atoms with Crippen LogP contribution in [0.4, 0.5) is 42.0 Å². The van der Waals surface area contributed by atoms with Gasteiger partial charge in [0.2, 0.25) is 11.9 Å². The van der Waals surface area contributed by atoms with Crippen molar-refractivity contribution in [2.75, 3.05) is 74.5 Å². The van der Waals surface area contributed by atoms with Crippen molar-refractivity contribution in [2.45, 2.75) is 31.1 Å². The maximum absolute atomic E-state index is 13.7. The Morgan fingerprint density at radius 2 is 1.90 bits per heavy atom. The summed E-state index contributed by atoms with van der Waals surface area (Å²) in [5.41, 5.74) is 0.564. The van der Waals surface area contributed by atoms with E-state index in [-0.39, 0.29) is 17.8 Å². The van der Waals surface area contributed by atoms with Crippen LogP contribution in [0.5, 0.6) is 5.75 Å². The third-order valence-corrected chi connectivity index (χ3v) is 8.22. The van der Waals surface area contributed by atoms with Crippen LogP contribution >= 0.6 is 0 Å². The third kappa shape index (κ3) is 7.26. The summed E-state index contributed by atoms with van der Waals surface area (Å²) in [6, 6.07) is 3.51. The molecular weight excluding hydrogens is 561 g/mol. The fourth-order valence-electron chi connectivity index (χ4n) is 4.82. The van der Waals surface area contributed by atoms with Gasteiger partial charge in [0, 0.05) is 50.7 Å². The summed E-state index contributed by atoms with van der Waals surface area (Å²) in [5.74, 6) is -0.509. The number of anilines is 5. The van der Waals surface area contributed by atoms with E-state index in [0.717, 1.165) is 37.7 Å². The Kier molecular flexibility index (Phi) is 9.39. The first-order valence-electron chi connectivity index (χ1n) is 13.0. The number of rotatable bonds is 10. The summed E-state index contributed by atoms with van der Waals surface area (Å²) in [4.78, 5) is 24.7. The van der Waals surface area contributed by atoms with Gasteiger partial charge in [0.05, 0.1) is 41.2 Å². The molecule has 0 radical (unpaired) electrons. The summed E-state index contributed by atoms with van der Waals surface area (Å²) in [7, 11) is 4.38. The number of hydrogen-bond donors (Lipinski definition) is 3. The zero-order valence-electron chi connectivity index (χ0n) is 23.4. The van der Waals surface area contributed by atoms with Gasteiger partial charge in [-0.25, -0.2) is 13.5 Å². The Balaban J connectivity index is 1.64. The smallest absolute Gasteiger partial charge is 0.421 e. The van der Waals surface area contributed by atoms with E-state index < -0.39 is 28.6 Å². The van der Waals surface area contributed by atoms with E-state index in [2.05, 4.69) is 56.4 Å². The molecule has 3 heterocycles. The molecule has 1 amide bonds. The van der Waals surface area contributed by atoms with E-state index in [4.69, 9.17) is 4.74 Å². The lowest BCUT2D eigenvalue weighted by molar-refractivity contribution is -0.137. The standard InChI is InChI=1S/C26H35F3N8O3S/c1-6-23(38)32-19-11-20(22(40-4)12-21(19)36-9-7-17(8-10-36)35(2)3)33-25-30-13-18(26(27,28)29)24(34-25)31-16-14-37(15-16)41(5)39/h6,11-13,16-17H,1,7-10,14-15H2,2-5H3,(H,32,38)(H2,30,31,33,34). The number of benzene rings is 1. The average molecular weight is 597 g/mol. The van der Waals surface area contributed by atoms with E-state index in [1.165, 1.54) is 13.4 Å². The Hall–Kier alpha value is -3.43. The maximum Gasteiger partial charge on any atom is 0.421 e. The zero-order chi connectivity index (χ0) is 29.9. The first-order chi connectivity index (χ1) is 19.4. The third-order valence-electron chi connectivity index (χ3n) is 7.19. The van der Waals surface area contributed by atoms with Crippen LogP contribution in [-0.4, -0.2) is 95.0 Å². The first kappa shape index (κ1) is 30.5. The number of hydrogen-bond acceptors (Lipinski definition) is 9. The molecule has 0 bridgehead atoms. The molecule has 2 aromatic rings. The van der Waals surface area contributed by atoms with Crippen molar-refractivity contribution in [3.63, 3.8) is 0 Å². The molecule has 4 rings (SSSR count). The van der Waals surface area contributed by atoms with E-state index in [9.17, 15) is 22.2 Å². The molecule has 0 spiro atoms. The van der Waals surface area contributed by atoms with Gasteiger partial charge in [0.15, 0.2) is 0 Å². The van der Waals surface area contributed by atoms with Gasteiger partial charge in [-0.3, -0.25) is 4.79 Å². The van der Waals surface area contributed by atoms with Crippen molar-refractivity contribution in [1.82, 2.24) is 19.2 Å². The van der Waals surface area contributed by atoms with Gasteiger partial charge >= 0.3 is 6.18 Å². The van der Waals surface area contributed by atoms with E-state index in [1.54, 1.807) is 16.4 Å². The lowest BCUT2D eigenvalue weighted by atomic mass is 10.0. The van der Waals surface area contributed by atoms with Crippen molar-refractivity contribution < 1.29 is 26.9 Å². The van der Waals surface area contributed by atoms with Gasteiger partial charge in [0.1, 0.15) is 17.1 Å². The predicted octanol–water partition coefficient (Wildman–Crippen LogP) is 3.29. The van der Waals surface area contributed by atoms with Crippen LogP contribution in [-0.2, 0) is 22.0 Å². The van der Waals surface area contributed by atoms with Gasteiger partial charge in [-0.1, -0.05) is 6.58 Å². The Morgan fingerprint density at radius 1 is 1.22 bits per heavy atom. The van der Waals surface area contributed by atoms with Crippen LogP contribution in [0.2, 0.25) is 0 Å². The van der Waals surface area contributed by atoms with E-state index in [0.29, 0.717) is 42.5 Å². The summed E-state index contributed by atoms with van der Waals surface area (Å²) >= 11 is 0. The molecule has 0 saturated carbocycles. The molecule has 15 heteroatoms. The Labute approximate surface area is 239 Å². The van der Waals surface area contributed by atoms with Crippen molar-refractivity contribution in [3.05, 3.63) is 36.5 Å². The molecule has 2 fully saturated rings. The minimum atomic E-state index is -4.68. The molecule has 41 heavy (non-hydrogen) atoms. The molecule has 3 N–H and O–H groups in total. The van der Waals surface area contributed by atoms with Crippen molar-refractivity contribution >= 4 is 45.7 Å². The summed E-state index contributed by atoms with van der Waals surface area (Å²) in [6.45, 7) is 5.69. The largest absolute Gasteiger partial charge is 0.494 e. The molecule has 0 aliphatic carbocycles. The van der Waals surface area contributed by atoms with Crippen LogP contribution in [0.1, 0.15) is 18.4 Å². The summed E-state index contributed by atoms with van der Waals surface area (Å²) < 4.78 is 60.0. The molecule has 1 aromatic carbocycles. The number of carbonyl (C=O) groups is 1. The summed E-state index contributed by atoms with van der Waals surface area (Å²) in [6.07, 6.45) is 0.576. The number of ether oxygens (including phenoxy) is 1.